The molecule has 2 rings (SSSR count). The lowest BCUT2D eigenvalue weighted by molar-refractivity contribution is 0.396. The number of nitrogens with zero attached hydrogens (tertiary/aromatic N) is 1. The lowest BCUT2D eigenvalue weighted by Crippen LogP contribution is -1.97. The average Bonchev–Trinajstić information content (AvgIpc) is 2.61. The van der Waals surface area contributed by atoms with Crippen molar-refractivity contribution in [2.45, 2.75) is 32.6 Å². The number of rotatable bonds is 7. The SMILES string of the molecule is CCCCCc1cc(OC)c(-c2cccc(C#N)c2)c(OC)c1. The van der Waals surface area contributed by atoms with E-state index < -0.39 is 0 Å². The average molecular weight is 309 g/mol. The first kappa shape index (κ1) is 16.9. The van der Waals surface area contributed by atoms with Crippen molar-refractivity contribution in [3.05, 3.63) is 47.5 Å². The van der Waals surface area contributed by atoms with Gasteiger partial charge in [-0.05, 0) is 48.2 Å². The van der Waals surface area contributed by atoms with E-state index in [0.717, 1.165) is 35.5 Å². The molecule has 0 saturated carbocycles. The maximum absolute atomic E-state index is 9.11. The fourth-order valence-corrected chi connectivity index (χ4v) is 2.72. The molecule has 0 bridgehead atoms. The summed E-state index contributed by atoms with van der Waals surface area (Å²) < 4.78 is 11.2. The highest BCUT2D eigenvalue weighted by Crippen LogP contribution is 2.40. The van der Waals surface area contributed by atoms with Crippen LogP contribution < -0.4 is 9.47 Å². The molecule has 0 radical (unpaired) electrons. The smallest absolute Gasteiger partial charge is 0.130 e. The van der Waals surface area contributed by atoms with Crippen LogP contribution in [0.25, 0.3) is 11.1 Å². The van der Waals surface area contributed by atoms with Gasteiger partial charge in [0.15, 0.2) is 0 Å². The zero-order valence-electron chi connectivity index (χ0n) is 14.1. The number of hydrogen-bond donors (Lipinski definition) is 0. The molecule has 0 aromatic heterocycles. The summed E-state index contributed by atoms with van der Waals surface area (Å²) in [6.07, 6.45) is 4.59. The monoisotopic (exact) mass is 309 g/mol. The summed E-state index contributed by atoms with van der Waals surface area (Å²) in [7, 11) is 3.34. The molecule has 120 valence electrons. The molecule has 3 nitrogen and oxygen atoms in total. The van der Waals surface area contributed by atoms with Crippen LogP contribution in [0.2, 0.25) is 0 Å². The fourth-order valence-electron chi connectivity index (χ4n) is 2.72. The third-order valence-corrected chi connectivity index (χ3v) is 3.91. The molecule has 23 heavy (non-hydrogen) atoms. The van der Waals surface area contributed by atoms with Crippen LogP contribution in [0.5, 0.6) is 11.5 Å². The molecule has 0 aliphatic carbocycles. The quantitative estimate of drug-likeness (QED) is 0.678. The standard InChI is InChI=1S/C20H23NO2/c1-4-5-6-8-15-12-18(22-2)20(19(13-15)23-3)17-10-7-9-16(11-17)14-21/h7,9-13H,4-6,8H2,1-3H3. The summed E-state index contributed by atoms with van der Waals surface area (Å²) in [5.41, 5.74) is 3.66. The van der Waals surface area contributed by atoms with E-state index in [2.05, 4.69) is 25.1 Å². The Morgan fingerprint density at radius 3 is 2.26 bits per heavy atom. The summed E-state index contributed by atoms with van der Waals surface area (Å²) in [6, 6.07) is 13.8. The molecule has 0 atom stereocenters. The van der Waals surface area contributed by atoms with Gasteiger partial charge in [-0.15, -0.1) is 0 Å². The molecule has 0 aliphatic rings. The molecule has 0 aliphatic heterocycles. The van der Waals surface area contributed by atoms with E-state index in [9.17, 15) is 0 Å². The zero-order valence-corrected chi connectivity index (χ0v) is 14.1. The molecule has 0 saturated heterocycles. The second kappa shape index (κ2) is 8.24. The van der Waals surface area contributed by atoms with Gasteiger partial charge >= 0.3 is 0 Å². The predicted octanol–water partition coefficient (Wildman–Crippen LogP) is 4.98. The van der Waals surface area contributed by atoms with Gasteiger partial charge in [-0.2, -0.15) is 5.26 Å². The normalized spacial score (nSPS) is 10.2. The zero-order chi connectivity index (χ0) is 16.7. The Kier molecular flexibility index (Phi) is 6.05. The van der Waals surface area contributed by atoms with Crippen molar-refractivity contribution in [2.75, 3.05) is 14.2 Å². The van der Waals surface area contributed by atoms with Crippen molar-refractivity contribution in [2.24, 2.45) is 0 Å². The molecule has 3 heteroatoms. The topological polar surface area (TPSA) is 42.2 Å². The lowest BCUT2D eigenvalue weighted by Gasteiger charge is -2.16. The third kappa shape index (κ3) is 4.04. The first-order chi connectivity index (χ1) is 11.2. The van der Waals surface area contributed by atoms with E-state index >= 15 is 0 Å². The van der Waals surface area contributed by atoms with Gasteiger partial charge in [0, 0.05) is 0 Å². The molecular formula is C20H23NO2. The van der Waals surface area contributed by atoms with Crippen LogP contribution in [-0.4, -0.2) is 14.2 Å². The second-order valence-corrected chi connectivity index (χ2v) is 5.53. The highest BCUT2D eigenvalue weighted by Gasteiger charge is 2.15. The van der Waals surface area contributed by atoms with Gasteiger partial charge in [0.05, 0.1) is 31.4 Å². The van der Waals surface area contributed by atoms with Gasteiger partial charge < -0.3 is 9.47 Å². The maximum Gasteiger partial charge on any atom is 0.130 e. The number of unbranched alkanes of at least 4 members (excludes halogenated alkanes) is 2. The van der Waals surface area contributed by atoms with E-state index in [-0.39, 0.29) is 0 Å². The Bertz CT molecular complexity index is 676. The summed E-state index contributed by atoms with van der Waals surface area (Å²) in [5, 5.41) is 9.11. The number of hydrogen-bond acceptors (Lipinski definition) is 3. The van der Waals surface area contributed by atoms with E-state index in [1.54, 1.807) is 20.3 Å². The summed E-state index contributed by atoms with van der Waals surface area (Å²) in [5.74, 6) is 1.57. The first-order valence-corrected chi connectivity index (χ1v) is 7.99. The van der Waals surface area contributed by atoms with Crippen molar-refractivity contribution in [3.63, 3.8) is 0 Å². The minimum atomic E-state index is 0.624. The fraction of sp³-hybridized carbons (Fsp3) is 0.350. The van der Waals surface area contributed by atoms with Gasteiger partial charge in [-0.1, -0.05) is 31.9 Å². The van der Waals surface area contributed by atoms with E-state index in [1.165, 1.54) is 18.4 Å². The van der Waals surface area contributed by atoms with Gasteiger partial charge in [0.1, 0.15) is 11.5 Å². The number of nitriles is 1. The van der Waals surface area contributed by atoms with Gasteiger partial charge in [0.2, 0.25) is 0 Å². The minimum Gasteiger partial charge on any atom is -0.496 e. The number of ether oxygens (including phenoxy) is 2. The van der Waals surface area contributed by atoms with Crippen molar-refractivity contribution in [1.82, 2.24) is 0 Å². The molecule has 0 unspecified atom stereocenters. The number of aryl methyl sites for hydroxylation is 1. The Hall–Kier alpha value is -2.47. The summed E-state index contributed by atoms with van der Waals surface area (Å²) in [4.78, 5) is 0. The highest BCUT2D eigenvalue weighted by molar-refractivity contribution is 5.78. The lowest BCUT2D eigenvalue weighted by atomic mass is 9.97. The third-order valence-electron chi connectivity index (χ3n) is 3.91. The molecule has 0 fully saturated rings. The van der Waals surface area contributed by atoms with Crippen LogP contribution in [-0.2, 0) is 6.42 Å². The Morgan fingerprint density at radius 1 is 1.00 bits per heavy atom. The van der Waals surface area contributed by atoms with Crippen LogP contribution in [0, 0.1) is 11.3 Å². The Morgan fingerprint density at radius 2 is 1.70 bits per heavy atom. The minimum absolute atomic E-state index is 0.624. The van der Waals surface area contributed by atoms with Crippen LogP contribution in [0.4, 0.5) is 0 Å². The van der Waals surface area contributed by atoms with Crippen LogP contribution in [0.3, 0.4) is 0 Å². The van der Waals surface area contributed by atoms with Crippen LogP contribution >= 0.6 is 0 Å². The van der Waals surface area contributed by atoms with Gasteiger partial charge in [-0.25, -0.2) is 0 Å². The number of methoxy groups -OCH3 is 2. The van der Waals surface area contributed by atoms with Crippen molar-refractivity contribution in [1.29, 1.82) is 5.26 Å². The van der Waals surface area contributed by atoms with Crippen molar-refractivity contribution in [3.8, 4) is 28.7 Å². The number of benzene rings is 2. The maximum atomic E-state index is 9.11. The predicted molar refractivity (Wildman–Crippen MR) is 92.9 cm³/mol. The van der Waals surface area contributed by atoms with E-state index in [1.807, 2.05) is 18.2 Å². The van der Waals surface area contributed by atoms with Gasteiger partial charge in [0.25, 0.3) is 0 Å². The van der Waals surface area contributed by atoms with Crippen molar-refractivity contribution < 1.29 is 9.47 Å². The van der Waals surface area contributed by atoms with E-state index in [4.69, 9.17) is 14.7 Å². The molecule has 0 spiro atoms. The molecule has 0 heterocycles. The Balaban J connectivity index is 2.47. The highest BCUT2D eigenvalue weighted by atomic mass is 16.5. The van der Waals surface area contributed by atoms with Crippen LogP contribution in [0.1, 0.15) is 37.3 Å². The summed E-state index contributed by atoms with van der Waals surface area (Å²) in [6.45, 7) is 2.20. The molecule has 2 aromatic carbocycles. The molecule has 2 aromatic rings. The van der Waals surface area contributed by atoms with E-state index in [0.29, 0.717) is 5.56 Å². The first-order valence-electron chi connectivity index (χ1n) is 7.99. The van der Waals surface area contributed by atoms with Crippen molar-refractivity contribution >= 4 is 0 Å². The largest absolute Gasteiger partial charge is 0.496 e. The van der Waals surface area contributed by atoms with Crippen LogP contribution in [0.15, 0.2) is 36.4 Å². The van der Waals surface area contributed by atoms with Gasteiger partial charge in [-0.3, -0.25) is 0 Å². The molecular weight excluding hydrogens is 286 g/mol. The molecule has 0 amide bonds. The summed E-state index contributed by atoms with van der Waals surface area (Å²) >= 11 is 0. The molecule has 0 N–H and O–H groups in total. The second-order valence-electron chi connectivity index (χ2n) is 5.53. The Labute approximate surface area is 138 Å².